The molecular weight excluding hydrogens is 394 g/mol. The largest absolute Gasteiger partial charge is 0.493 e. The van der Waals surface area contributed by atoms with E-state index in [1.807, 2.05) is 36.6 Å². The lowest BCUT2D eigenvalue weighted by Crippen LogP contribution is -2.12. The summed E-state index contributed by atoms with van der Waals surface area (Å²) < 4.78 is 13.1. The summed E-state index contributed by atoms with van der Waals surface area (Å²) in [6.45, 7) is 3.87. The molecule has 0 radical (unpaired) electrons. The number of carbonyl (C=O) groups is 1. The highest BCUT2D eigenvalue weighted by molar-refractivity contribution is 5.93. The number of nitrogens with zero attached hydrogens (tertiary/aromatic N) is 3. The van der Waals surface area contributed by atoms with Crippen LogP contribution in [0.2, 0.25) is 0 Å². The number of aryl methyl sites for hydroxylation is 2. The number of aromatic nitrogens is 2. The van der Waals surface area contributed by atoms with Crippen LogP contribution in [0.5, 0.6) is 11.5 Å². The second-order valence-corrected chi connectivity index (χ2v) is 7.69. The van der Waals surface area contributed by atoms with E-state index in [1.165, 1.54) is 6.08 Å². The van der Waals surface area contributed by atoms with Gasteiger partial charge in [0.05, 0.1) is 25.5 Å². The third-order valence-electron chi connectivity index (χ3n) is 5.82. The molecule has 0 bridgehead atoms. The Balaban J connectivity index is 1.96. The van der Waals surface area contributed by atoms with E-state index < -0.39 is 5.97 Å². The number of fused-ring (bicyclic) bond motifs is 2. The van der Waals surface area contributed by atoms with Crippen LogP contribution in [0.15, 0.2) is 24.3 Å². The lowest BCUT2D eigenvalue weighted by atomic mass is 10.1. The Hall–Kier alpha value is -3.79. The lowest BCUT2D eigenvalue weighted by molar-refractivity contribution is -0.131. The predicted molar refractivity (Wildman–Crippen MR) is 117 cm³/mol. The molecule has 31 heavy (non-hydrogen) atoms. The standard InChI is InChI=1S/C24H23N3O4/c1-13-9-14(2)26-24-22(13)18(12-25)19(6-8-21(28)29)27(24)16-10-15-5-7-20(30-3)23(31-4)17(15)11-16/h5-9,16H,10-11H2,1-4H3,(H,28,29)/b8-6+. The zero-order chi connectivity index (χ0) is 22.3. The summed E-state index contributed by atoms with van der Waals surface area (Å²) in [4.78, 5) is 16.0. The monoisotopic (exact) mass is 417 g/mol. The average molecular weight is 417 g/mol. The van der Waals surface area contributed by atoms with Crippen LogP contribution in [0.1, 0.15) is 39.7 Å². The second-order valence-electron chi connectivity index (χ2n) is 7.69. The first kappa shape index (κ1) is 20.5. The van der Waals surface area contributed by atoms with Gasteiger partial charge in [-0.2, -0.15) is 5.26 Å². The highest BCUT2D eigenvalue weighted by Gasteiger charge is 2.32. The molecule has 3 aromatic rings. The van der Waals surface area contributed by atoms with Gasteiger partial charge in [0.1, 0.15) is 11.7 Å². The van der Waals surface area contributed by atoms with Crippen molar-refractivity contribution >= 4 is 23.1 Å². The highest BCUT2D eigenvalue weighted by Crippen LogP contribution is 2.44. The van der Waals surface area contributed by atoms with Gasteiger partial charge >= 0.3 is 5.97 Å². The first-order valence-corrected chi connectivity index (χ1v) is 9.95. The smallest absolute Gasteiger partial charge is 0.328 e. The van der Waals surface area contributed by atoms with Gasteiger partial charge in [0.2, 0.25) is 0 Å². The number of methoxy groups -OCH3 is 2. The van der Waals surface area contributed by atoms with E-state index in [0.29, 0.717) is 41.2 Å². The molecule has 0 fully saturated rings. The van der Waals surface area contributed by atoms with Crippen molar-refractivity contribution < 1.29 is 19.4 Å². The summed E-state index contributed by atoms with van der Waals surface area (Å²) >= 11 is 0. The molecule has 0 saturated carbocycles. The number of aliphatic carboxylic acids is 1. The van der Waals surface area contributed by atoms with Crippen LogP contribution in [0.25, 0.3) is 17.1 Å². The first-order valence-electron chi connectivity index (χ1n) is 9.95. The van der Waals surface area contributed by atoms with E-state index in [4.69, 9.17) is 14.5 Å². The number of carboxylic acids is 1. The van der Waals surface area contributed by atoms with E-state index >= 15 is 0 Å². The predicted octanol–water partition coefficient (Wildman–Crippen LogP) is 3.98. The molecule has 4 rings (SSSR count). The van der Waals surface area contributed by atoms with Crippen molar-refractivity contribution in [2.24, 2.45) is 0 Å². The van der Waals surface area contributed by atoms with E-state index in [-0.39, 0.29) is 6.04 Å². The summed E-state index contributed by atoms with van der Waals surface area (Å²) in [6, 6.07) is 8.11. The second kappa shape index (κ2) is 7.80. The Labute approximate surface area is 180 Å². The SMILES string of the molecule is COc1ccc2c(c1OC)CC(n1c(/C=C/C(=O)O)c(C#N)c3c(C)cc(C)nc31)C2. The van der Waals surface area contributed by atoms with Crippen molar-refractivity contribution in [3.63, 3.8) is 0 Å². The number of ether oxygens (including phenoxy) is 2. The molecule has 1 unspecified atom stereocenters. The first-order chi connectivity index (χ1) is 14.9. The Bertz CT molecular complexity index is 1280. The maximum absolute atomic E-state index is 11.2. The Morgan fingerprint density at radius 1 is 1.29 bits per heavy atom. The third kappa shape index (κ3) is 3.30. The number of hydrogen-bond acceptors (Lipinski definition) is 5. The fraction of sp³-hybridized carbons (Fsp3) is 0.292. The summed E-state index contributed by atoms with van der Waals surface area (Å²) in [6.07, 6.45) is 3.94. The minimum absolute atomic E-state index is 0.0391. The Morgan fingerprint density at radius 3 is 2.71 bits per heavy atom. The molecule has 0 aliphatic heterocycles. The quantitative estimate of drug-likeness (QED) is 0.631. The Kier molecular flexibility index (Phi) is 5.15. The number of pyridine rings is 1. The van der Waals surface area contributed by atoms with Crippen LogP contribution in [-0.2, 0) is 17.6 Å². The van der Waals surface area contributed by atoms with Gasteiger partial charge in [-0.05, 0) is 56.0 Å². The molecule has 1 N–H and O–H groups in total. The number of hydrogen-bond donors (Lipinski definition) is 1. The third-order valence-corrected chi connectivity index (χ3v) is 5.82. The molecule has 1 aliphatic carbocycles. The molecule has 7 nitrogen and oxygen atoms in total. The van der Waals surface area contributed by atoms with Gasteiger partial charge in [0.25, 0.3) is 0 Å². The molecule has 158 valence electrons. The van der Waals surface area contributed by atoms with Crippen LogP contribution in [0.3, 0.4) is 0 Å². The molecule has 7 heteroatoms. The summed E-state index contributed by atoms with van der Waals surface area (Å²) in [5.74, 6) is 0.317. The number of benzene rings is 1. The van der Waals surface area contributed by atoms with E-state index in [9.17, 15) is 15.2 Å². The van der Waals surface area contributed by atoms with Gasteiger partial charge in [-0.1, -0.05) is 6.07 Å². The molecular formula is C24H23N3O4. The fourth-order valence-corrected chi connectivity index (χ4v) is 4.65. The minimum atomic E-state index is -1.07. The maximum Gasteiger partial charge on any atom is 0.328 e. The Morgan fingerprint density at radius 2 is 2.06 bits per heavy atom. The highest BCUT2D eigenvalue weighted by atomic mass is 16.5. The minimum Gasteiger partial charge on any atom is -0.493 e. The average Bonchev–Trinajstić information content (AvgIpc) is 3.29. The normalized spacial score (nSPS) is 15.3. The molecule has 0 spiro atoms. The van der Waals surface area contributed by atoms with Crippen molar-refractivity contribution in [2.45, 2.75) is 32.7 Å². The van der Waals surface area contributed by atoms with Gasteiger partial charge in [0, 0.05) is 28.8 Å². The fourth-order valence-electron chi connectivity index (χ4n) is 4.65. The molecule has 1 atom stereocenters. The van der Waals surface area contributed by atoms with Crippen LogP contribution in [0.4, 0.5) is 0 Å². The topological polar surface area (TPSA) is 97.4 Å². The van der Waals surface area contributed by atoms with E-state index in [2.05, 4.69) is 6.07 Å². The van der Waals surface area contributed by atoms with Crippen molar-refractivity contribution in [3.8, 4) is 17.6 Å². The van der Waals surface area contributed by atoms with Crippen molar-refractivity contribution in [1.29, 1.82) is 5.26 Å². The van der Waals surface area contributed by atoms with E-state index in [0.717, 1.165) is 33.8 Å². The molecule has 1 aliphatic rings. The number of nitriles is 1. The number of rotatable bonds is 5. The van der Waals surface area contributed by atoms with Crippen LogP contribution in [-0.4, -0.2) is 34.8 Å². The van der Waals surface area contributed by atoms with Crippen LogP contribution >= 0.6 is 0 Å². The van der Waals surface area contributed by atoms with Gasteiger partial charge in [-0.15, -0.1) is 0 Å². The lowest BCUT2D eigenvalue weighted by Gasteiger charge is -2.16. The van der Waals surface area contributed by atoms with Crippen LogP contribution < -0.4 is 9.47 Å². The van der Waals surface area contributed by atoms with Crippen molar-refractivity contribution in [3.05, 3.63) is 57.9 Å². The van der Waals surface area contributed by atoms with Crippen molar-refractivity contribution in [2.75, 3.05) is 14.2 Å². The molecule has 2 heterocycles. The zero-order valence-electron chi connectivity index (χ0n) is 17.9. The maximum atomic E-state index is 11.2. The zero-order valence-corrected chi connectivity index (χ0v) is 17.9. The van der Waals surface area contributed by atoms with Crippen LogP contribution in [0, 0.1) is 25.2 Å². The van der Waals surface area contributed by atoms with Gasteiger partial charge in [-0.25, -0.2) is 9.78 Å². The van der Waals surface area contributed by atoms with Crippen molar-refractivity contribution in [1.82, 2.24) is 9.55 Å². The summed E-state index contributed by atoms with van der Waals surface area (Å²) in [5.41, 5.74) is 5.69. The van der Waals surface area contributed by atoms with Gasteiger partial charge in [0.15, 0.2) is 11.5 Å². The molecule has 2 aromatic heterocycles. The summed E-state index contributed by atoms with van der Waals surface area (Å²) in [7, 11) is 3.24. The van der Waals surface area contributed by atoms with E-state index in [1.54, 1.807) is 14.2 Å². The van der Waals surface area contributed by atoms with Gasteiger partial charge in [-0.3, -0.25) is 0 Å². The number of carboxylic acid groups (broad SMARTS) is 1. The molecule has 0 saturated heterocycles. The molecule has 0 amide bonds. The van der Waals surface area contributed by atoms with Gasteiger partial charge < -0.3 is 19.1 Å². The summed E-state index contributed by atoms with van der Waals surface area (Å²) in [5, 5.41) is 19.9. The molecule has 1 aromatic carbocycles.